The highest BCUT2D eigenvalue weighted by molar-refractivity contribution is 6.13. The number of anilines is 1. The molecule has 1 amide bonds. The first kappa shape index (κ1) is 18.6. The lowest BCUT2D eigenvalue weighted by Crippen LogP contribution is -2.18. The topological polar surface area (TPSA) is 63.2 Å². The molecule has 0 bridgehead atoms. The first-order valence-corrected chi connectivity index (χ1v) is 8.26. The smallest absolute Gasteiger partial charge is 0.231 e. The van der Waals surface area contributed by atoms with Crippen molar-refractivity contribution in [3.05, 3.63) is 65.7 Å². The van der Waals surface area contributed by atoms with Gasteiger partial charge in [-0.05, 0) is 23.1 Å². The van der Waals surface area contributed by atoms with E-state index in [1.54, 1.807) is 36.4 Å². The number of ketones is 2. The summed E-state index contributed by atoms with van der Waals surface area (Å²) in [6.45, 7) is 6.29. The van der Waals surface area contributed by atoms with Crippen molar-refractivity contribution < 1.29 is 14.4 Å². The van der Waals surface area contributed by atoms with Crippen LogP contribution in [0.3, 0.4) is 0 Å². The minimum atomic E-state index is -0.410. The molecule has 4 heteroatoms. The molecule has 0 aliphatic heterocycles. The van der Waals surface area contributed by atoms with Gasteiger partial charge in [-0.3, -0.25) is 14.4 Å². The van der Waals surface area contributed by atoms with Crippen molar-refractivity contribution in [2.75, 3.05) is 5.32 Å². The Bertz CT molecular complexity index is 756. The summed E-state index contributed by atoms with van der Waals surface area (Å²) in [6, 6.07) is 16.2. The second kappa shape index (κ2) is 7.88. The fourth-order valence-corrected chi connectivity index (χ4v) is 2.41. The third-order valence-corrected chi connectivity index (χ3v) is 3.85. The minimum Gasteiger partial charge on any atom is -0.326 e. The predicted octanol–water partition coefficient (Wildman–Crippen LogP) is 4.15. The summed E-state index contributed by atoms with van der Waals surface area (Å²) in [5, 5.41) is 2.64. The van der Waals surface area contributed by atoms with Crippen LogP contribution in [-0.4, -0.2) is 17.5 Å². The molecule has 0 saturated carbocycles. The van der Waals surface area contributed by atoms with Gasteiger partial charge in [0.25, 0.3) is 0 Å². The van der Waals surface area contributed by atoms with E-state index in [1.807, 2.05) is 18.2 Å². The number of hydrogen-bond donors (Lipinski definition) is 1. The van der Waals surface area contributed by atoms with Crippen LogP contribution < -0.4 is 5.32 Å². The summed E-state index contributed by atoms with van der Waals surface area (Å²) in [5.74, 6) is -1.07. The Morgan fingerprint density at radius 2 is 1.44 bits per heavy atom. The molecule has 0 aliphatic rings. The first-order valence-electron chi connectivity index (χ1n) is 8.26. The van der Waals surface area contributed by atoms with Crippen LogP contribution in [0.25, 0.3) is 0 Å². The summed E-state index contributed by atoms with van der Waals surface area (Å²) in [7, 11) is 0. The van der Waals surface area contributed by atoms with Crippen molar-refractivity contribution in [2.24, 2.45) is 0 Å². The van der Waals surface area contributed by atoms with E-state index in [2.05, 4.69) is 26.1 Å². The largest absolute Gasteiger partial charge is 0.326 e. The molecule has 4 nitrogen and oxygen atoms in total. The van der Waals surface area contributed by atoms with Crippen molar-refractivity contribution in [1.29, 1.82) is 0 Å². The van der Waals surface area contributed by atoms with E-state index < -0.39 is 11.7 Å². The quantitative estimate of drug-likeness (QED) is 0.636. The highest BCUT2D eigenvalue weighted by Gasteiger charge is 2.17. The van der Waals surface area contributed by atoms with Gasteiger partial charge in [-0.1, -0.05) is 63.2 Å². The van der Waals surface area contributed by atoms with E-state index >= 15 is 0 Å². The van der Waals surface area contributed by atoms with Gasteiger partial charge >= 0.3 is 0 Å². The van der Waals surface area contributed by atoms with Crippen LogP contribution >= 0.6 is 0 Å². The molecule has 0 saturated heterocycles. The SMILES string of the molecule is CC(C)(C)c1ccc(C(=O)CC(=O)CC(=O)Nc2ccccc2)cc1. The molecule has 0 unspecified atom stereocenters. The van der Waals surface area contributed by atoms with Crippen LogP contribution in [0.4, 0.5) is 5.69 Å². The third kappa shape index (κ3) is 5.68. The van der Waals surface area contributed by atoms with Gasteiger partial charge in [-0.15, -0.1) is 0 Å². The number of Topliss-reactive ketones (excluding diaryl/α,β-unsaturated/α-hetero) is 2. The van der Waals surface area contributed by atoms with Gasteiger partial charge in [0.2, 0.25) is 5.91 Å². The van der Waals surface area contributed by atoms with Crippen molar-refractivity contribution in [2.45, 2.75) is 39.0 Å². The molecule has 0 spiro atoms. The Balaban J connectivity index is 1.89. The van der Waals surface area contributed by atoms with Gasteiger partial charge in [0, 0.05) is 11.3 Å². The van der Waals surface area contributed by atoms with Crippen molar-refractivity contribution >= 4 is 23.2 Å². The maximum absolute atomic E-state index is 12.2. The molecule has 1 N–H and O–H groups in total. The van der Waals surface area contributed by atoms with E-state index in [0.717, 1.165) is 5.56 Å². The van der Waals surface area contributed by atoms with E-state index in [-0.39, 0.29) is 24.0 Å². The molecule has 130 valence electrons. The van der Waals surface area contributed by atoms with Crippen molar-refractivity contribution in [1.82, 2.24) is 0 Å². The Morgan fingerprint density at radius 1 is 0.840 bits per heavy atom. The number of nitrogens with one attached hydrogen (secondary N) is 1. The lowest BCUT2D eigenvalue weighted by atomic mass is 9.86. The van der Waals surface area contributed by atoms with Crippen LogP contribution in [0.15, 0.2) is 54.6 Å². The monoisotopic (exact) mass is 337 g/mol. The van der Waals surface area contributed by atoms with Crippen LogP contribution in [0, 0.1) is 0 Å². The summed E-state index contributed by atoms with van der Waals surface area (Å²) in [4.78, 5) is 36.0. The molecule has 2 aromatic carbocycles. The summed E-state index contributed by atoms with van der Waals surface area (Å²) < 4.78 is 0. The van der Waals surface area contributed by atoms with Crippen LogP contribution in [0.5, 0.6) is 0 Å². The molecule has 0 radical (unpaired) electrons. The van der Waals surface area contributed by atoms with E-state index in [9.17, 15) is 14.4 Å². The molecule has 2 aromatic rings. The van der Waals surface area contributed by atoms with Gasteiger partial charge < -0.3 is 5.32 Å². The standard InChI is InChI=1S/C21H23NO3/c1-21(2,3)16-11-9-15(10-12-16)19(24)13-18(23)14-20(25)22-17-7-5-4-6-8-17/h4-12H,13-14H2,1-3H3,(H,22,25). The minimum absolute atomic E-state index is 0.00687. The highest BCUT2D eigenvalue weighted by Crippen LogP contribution is 2.22. The molecule has 2 rings (SSSR count). The molecule has 0 heterocycles. The number of rotatable bonds is 6. The Hall–Kier alpha value is -2.75. The average Bonchev–Trinajstić information content (AvgIpc) is 2.54. The van der Waals surface area contributed by atoms with Gasteiger partial charge in [-0.25, -0.2) is 0 Å². The van der Waals surface area contributed by atoms with Gasteiger partial charge in [0.05, 0.1) is 12.8 Å². The number of para-hydroxylation sites is 1. The number of hydrogen-bond acceptors (Lipinski definition) is 3. The van der Waals surface area contributed by atoms with E-state index in [0.29, 0.717) is 11.3 Å². The fourth-order valence-electron chi connectivity index (χ4n) is 2.41. The fraction of sp³-hybridized carbons (Fsp3) is 0.286. The molecule has 0 aromatic heterocycles. The lowest BCUT2D eigenvalue weighted by molar-refractivity contribution is -0.124. The normalized spacial score (nSPS) is 11.0. The van der Waals surface area contributed by atoms with E-state index in [4.69, 9.17) is 0 Å². The molecular weight excluding hydrogens is 314 g/mol. The van der Waals surface area contributed by atoms with Crippen molar-refractivity contribution in [3.63, 3.8) is 0 Å². The Kier molecular flexibility index (Phi) is 5.86. The molecule has 0 aliphatic carbocycles. The third-order valence-electron chi connectivity index (χ3n) is 3.85. The Morgan fingerprint density at radius 3 is 2.00 bits per heavy atom. The molecule has 0 fully saturated rings. The highest BCUT2D eigenvalue weighted by atomic mass is 16.2. The van der Waals surface area contributed by atoms with Gasteiger partial charge in [0.1, 0.15) is 5.78 Å². The maximum atomic E-state index is 12.2. The van der Waals surface area contributed by atoms with Crippen LogP contribution in [-0.2, 0) is 15.0 Å². The number of carbonyl (C=O) groups excluding carboxylic acids is 3. The number of benzene rings is 2. The predicted molar refractivity (Wildman–Crippen MR) is 98.8 cm³/mol. The summed E-state index contributed by atoms with van der Waals surface area (Å²) >= 11 is 0. The van der Waals surface area contributed by atoms with Gasteiger partial charge in [-0.2, -0.15) is 0 Å². The number of carbonyl (C=O) groups is 3. The second-order valence-corrected chi connectivity index (χ2v) is 7.06. The zero-order chi connectivity index (χ0) is 18.4. The Labute approximate surface area is 148 Å². The summed E-state index contributed by atoms with van der Waals surface area (Å²) in [6.07, 6.45) is -0.572. The molecule has 25 heavy (non-hydrogen) atoms. The lowest BCUT2D eigenvalue weighted by Gasteiger charge is -2.18. The second-order valence-electron chi connectivity index (χ2n) is 7.06. The van der Waals surface area contributed by atoms with Crippen LogP contribution in [0.1, 0.15) is 49.5 Å². The maximum Gasteiger partial charge on any atom is 0.231 e. The van der Waals surface area contributed by atoms with Crippen molar-refractivity contribution in [3.8, 4) is 0 Å². The van der Waals surface area contributed by atoms with Gasteiger partial charge in [0.15, 0.2) is 5.78 Å². The van der Waals surface area contributed by atoms with E-state index in [1.165, 1.54) is 0 Å². The zero-order valence-corrected chi connectivity index (χ0v) is 14.8. The zero-order valence-electron chi connectivity index (χ0n) is 14.8. The first-order chi connectivity index (χ1) is 11.8. The summed E-state index contributed by atoms with van der Waals surface area (Å²) in [5.41, 5.74) is 2.25. The average molecular weight is 337 g/mol. The molecule has 0 atom stereocenters. The molecular formula is C21H23NO3. The van der Waals surface area contributed by atoms with Crippen LogP contribution in [0.2, 0.25) is 0 Å². The number of amides is 1.